The first-order valence-corrected chi connectivity index (χ1v) is 12.5. The number of carbonyl (C=O) groups is 1. The summed E-state index contributed by atoms with van der Waals surface area (Å²) in [7, 11) is -3.87. The van der Waals surface area contributed by atoms with Gasteiger partial charge >= 0.3 is 6.09 Å². The number of ether oxygens (including phenoxy) is 1. The number of halogens is 1. The van der Waals surface area contributed by atoms with Gasteiger partial charge in [-0.3, -0.25) is 4.31 Å². The van der Waals surface area contributed by atoms with Gasteiger partial charge in [0.2, 0.25) is 0 Å². The Bertz CT molecular complexity index is 1150. The van der Waals surface area contributed by atoms with Gasteiger partial charge < -0.3 is 10.1 Å². The van der Waals surface area contributed by atoms with Crippen LogP contribution in [0.2, 0.25) is 5.02 Å². The lowest BCUT2D eigenvalue weighted by atomic mass is 9.98. The van der Waals surface area contributed by atoms with Crippen LogP contribution < -0.4 is 9.62 Å². The molecule has 0 spiro atoms. The summed E-state index contributed by atoms with van der Waals surface area (Å²) in [6, 6.07) is 16.8. The molecule has 0 bridgehead atoms. The van der Waals surface area contributed by atoms with Crippen molar-refractivity contribution in [1.29, 1.82) is 0 Å². The monoisotopic (exact) mass is 476 g/mol. The summed E-state index contributed by atoms with van der Waals surface area (Å²) in [5.41, 5.74) is 1.55. The summed E-state index contributed by atoms with van der Waals surface area (Å²) in [4.78, 5) is 13.3. The van der Waals surface area contributed by atoms with Crippen LogP contribution >= 0.6 is 22.9 Å². The molecule has 6 nitrogen and oxygen atoms in total. The first-order valence-electron chi connectivity index (χ1n) is 9.76. The molecule has 1 atom stereocenters. The minimum absolute atomic E-state index is 0.0442. The van der Waals surface area contributed by atoms with Crippen LogP contribution in [0.25, 0.3) is 0 Å². The molecule has 3 aromatic rings. The van der Waals surface area contributed by atoms with E-state index in [-0.39, 0.29) is 11.5 Å². The summed E-state index contributed by atoms with van der Waals surface area (Å²) in [5.74, 6) is 0. The zero-order valence-corrected chi connectivity index (χ0v) is 18.9. The van der Waals surface area contributed by atoms with E-state index in [0.29, 0.717) is 30.1 Å². The average Bonchev–Trinajstić information content (AvgIpc) is 3.29. The Morgan fingerprint density at radius 1 is 1.13 bits per heavy atom. The van der Waals surface area contributed by atoms with Gasteiger partial charge in [0.05, 0.1) is 23.2 Å². The Labute approximate surface area is 190 Å². The third kappa shape index (κ3) is 4.87. The fraction of sp³-hybridized carbons (Fsp3) is 0.227. The molecular formula is C22H21ClN2O4S2. The number of sulfonamides is 1. The molecule has 1 amide bonds. The molecule has 2 aromatic carbocycles. The van der Waals surface area contributed by atoms with Crippen LogP contribution in [0.4, 0.5) is 10.5 Å². The second-order valence-corrected chi connectivity index (χ2v) is 10.4. The maximum absolute atomic E-state index is 13.5. The molecule has 1 aromatic heterocycles. The third-order valence-corrected chi connectivity index (χ3v) is 8.08. The Balaban J connectivity index is 1.54. The van der Waals surface area contributed by atoms with E-state index >= 15 is 0 Å². The number of nitrogens with one attached hydrogen (secondary N) is 1. The lowest BCUT2D eigenvalue weighted by Crippen LogP contribution is -2.47. The Morgan fingerprint density at radius 2 is 1.90 bits per heavy atom. The number of alkyl carbamates (subject to hydrolysis) is 1. The van der Waals surface area contributed by atoms with Crippen LogP contribution in [0, 0.1) is 0 Å². The predicted octanol–water partition coefficient (Wildman–Crippen LogP) is 4.84. The average molecular weight is 477 g/mol. The van der Waals surface area contributed by atoms with E-state index in [0.717, 1.165) is 10.4 Å². The molecule has 1 aliphatic rings. The van der Waals surface area contributed by atoms with Gasteiger partial charge in [-0.25, -0.2) is 13.2 Å². The van der Waals surface area contributed by atoms with Gasteiger partial charge in [-0.1, -0.05) is 35.9 Å². The second-order valence-electron chi connectivity index (χ2n) is 7.11. The van der Waals surface area contributed by atoms with E-state index in [1.807, 2.05) is 29.6 Å². The lowest BCUT2D eigenvalue weighted by Gasteiger charge is -2.37. The molecule has 9 heteroatoms. The van der Waals surface area contributed by atoms with Gasteiger partial charge in [0.1, 0.15) is 6.61 Å². The van der Waals surface area contributed by atoms with Gasteiger partial charge in [0, 0.05) is 9.90 Å². The molecule has 1 N–H and O–H groups in total. The fourth-order valence-electron chi connectivity index (χ4n) is 3.57. The number of anilines is 1. The van der Waals surface area contributed by atoms with Gasteiger partial charge in [-0.15, -0.1) is 11.3 Å². The maximum Gasteiger partial charge on any atom is 0.407 e. The van der Waals surface area contributed by atoms with Crippen molar-refractivity contribution in [1.82, 2.24) is 5.32 Å². The van der Waals surface area contributed by atoms with Crippen molar-refractivity contribution in [3.05, 3.63) is 81.5 Å². The molecular weight excluding hydrogens is 456 g/mol. The molecule has 0 saturated carbocycles. The van der Waals surface area contributed by atoms with Crippen LogP contribution in [-0.2, 0) is 27.7 Å². The predicted molar refractivity (Wildman–Crippen MR) is 122 cm³/mol. The normalized spacial score (nSPS) is 15.9. The summed E-state index contributed by atoms with van der Waals surface area (Å²) < 4.78 is 33.8. The van der Waals surface area contributed by atoms with E-state index in [4.69, 9.17) is 16.3 Å². The number of hydrogen-bond donors (Lipinski definition) is 1. The largest absolute Gasteiger partial charge is 0.447 e. The van der Waals surface area contributed by atoms with Gasteiger partial charge in [-0.05, 0) is 60.2 Å². The Kier molecular flexibility index (Phi) is 6.50. The molecule has 162 valence electrons. The molecule has 4 rings (SSSR count). The minimum atomic E-state index is -3.87. The van der Waals surface area contributed by atoms with Crippen LogP contribution in [0.3, 0.4) is 0 Å². The molecule has 0 saturated heterocycles. The SMILES string of the molecule is O=C(NCc1cccs1)OCC1CCc2ccccc2N1S(=O)(=O)c1ccc(Cl)cc1. The smallest absolute Gasteiger partial charge is 0.407 e. The van der Waals surface area contributed by atoms with Gasteiger partial charge in [0.15, 0.2) is 0 Å². The molecule has 1 unspecified atom stereocenters. The fourth-order valence-corrected chi connectivity index (χ4v) is 6.04. The molecule has 31 heavy (non-hydrogen) atoms. The topological polar surface area (TPSA) is 75.7 Å². The zero-order valence-electron chi connectivity index (χ0n) is 16.5. The van der Waals surface area contributed by atoms with Gasteiger partial charge in [0.25, 0.3) is 10.0 Å². The van der Waals surface area contributed by atoms with Crippen molar-refractivity contribution >= 4 is 44.7 Å². The van der Waals surface area contributed by atoms with Crippen LogP contribution in [0.1, 0.15) is 16.9 Å². The molecule has 0 fully saturated rings. The number of nitrogens with zero attached hydrogens (tertiary/aromatic N) is 1. The molecule has 0 radical (unpaired) electrons. The van der Waals surface area contributed by atoms with Crippen molar-refractivity contribution in [3.63, 3.8) is 0 Å². The number of carbonyl (C=O) groups excluding carboxylic acids is 1. The third-order valence-electron chi connectivity index (χ3n) is 5.07. The summed E-state index contributed by atoms with van der Waals surface area (Å²) in [5, 5.41) is 5.09. The Hall–Kier alpha value is -2.55. The zero-order chi connectivity index (χ0) is 21.8. The van der Waals surface area contributed by atoms with Crippen molar-refractivity contribution in [2.24, 2.45) is 0 Å². The highest BCUT2D eigenvalue weighted by Crippen LogP contribution is 2.35. The number of hydrogen-bond acceptors (Lipinski definition) is 5. The van der Waals surface area contributed by atoms with Crippen molar-refractivity contribution < 1.29 is 17.9 Å². The van der Waals surface area contributed by atoms with Gasteiger partial charge in [-0.2, -0.15) is 0 Å². The highest BCUT2D eigenvalue weighted by molar-refractivity contribution is 7.92. The number of aryl methyl sites for hydroxylation is 1. The summed E-state index contributed by atoms with van der Waals surface area (Å²) >= 11 is 7.47. The van der Waals surface area contributed by atoms with E-state index in [2.05, 4.69) is 5.32 Å². The van der Waals surface area contributed by atoms with Crippen molar-refractivity contribution in [3.8, 4) is 0 Å². The lowest BCUT2D eigenvalue weighted by molar-refractivity contribution is 0.137. The van der Waals surface area contributed by atoms with E-state index in [9.17, 15) is 13.2 Å². The standard InChI is InChI=1S/C22H21ClN2O4S2/c23-17-8-11-20(12-9-17)31(27,28)25-18(10-7-16-4-1-2-6-21(16)25)15-29-22(26)24-14-19-5-3-13-30-19/h1-6,8-9,11-13,18H,7,10,14-15H2,(H,24,26). The van der Waals surface area contributed by atoms with Crippen LogP contribution in [0.5, 0.6) is 0 Å². The highest BCUT2D eigenvalue weighted by atomic mass is 35.5. The van der Waals surface area contributed by atoms with Crippen molar-refractivity contribution in [2.45, 2.75) is 30.3 Å². The molecule has 0 aliphatic carbocycles. The first kappa shape index (κ1) is 21.7. The molecule has 1 aliphatic heterocycles. The van der Waals surface area contributed by atoms with Crippen LogP contribution in [0.15, 0.2) is 70.9 Å². The highest BCUT2D eigenvalue weighted by Gasteiger charge is 2.36. The number of para-hydroxylation sites is 1. The maximum atomic E-state index is 13.5. The van der Waals surface area contributed by atoms with E-state index in [1.165, 1.54) is 27.8 Å². The number of amides is 1. The van der Waals surface area contributed by atoms with Crippen LogP contribution in [-0.4, -0.2) is 27.2 Å². The van der Waals surface area contributed by atoms with E-state index < -0.39 is 22.2 Å². The Morgan fingerprint density at radius 3 is 2.65 bits per heavy atom. The summed E-state index contributed by atoms with van der Waals surface area (Å²) in [6.45, 7) is 0.328. The number of benzene rings is 2. The number of fused-ring (bicyclic) bond motifs is 1. The number of thiophene rings is 1. The second kappa shape index (κ2) is 9.30. The summed E-state index contributed by atoms with van der Waals surface area (Å²) in [6.07, 6.45) is 0.673. The minimum Gasteiger partial charge on any atom is -0.447 e. The quantitative estimate of drug-likeness (QED) is 0.552. The van der Waals surface area contributed by atoms with Crippen molar-refractivity contribution in [2.75, 3.05) is 10.9 Å². The number of rotatable bonds is 6. The first-order chi connectivity index (χ1) is 14.9. The van der Waals surface area contributed by atoms with E-state index in [1.54, 1.807) is 24.3 Å². The molecule has 2 heterocycles.